The Morgan fingerprint density at radius 2 is 1.42 bits per heavy atom. The molecule has 0 saturated carbocycles. The maximum Gasteiger partial charge on any atom is 0.354 e. The number of pyridine rings is 3. The number of benzene rings is 1. The Labute approximate surface area is 279 Å². The molecule has 5 aromatic rings. The summed E-state index contributed by atoms with van der Waals surface area (Å²) < 4.78 is 25.8. The SMILES string of the molecule is CC(O)CC(C)O.Fc1c[c-]c(-c2ccccn2)c(F)c1.O=C(O)c1ccccn1.[Rh].[Rh].[c-]1ccsc1-c1ccccn1. The van der Waals surface area contributed by atoms with Gasteiger partial charge in [0.15, 0.2) is 0 Å². The van der Waals surface area contributed by atoms with Crippen molar-refractivity contribution in [3.05, 3.63) is 126 Å². The summed E-state index contributed by atoms with van der Waals surface area (Å²) >= 11 is 1.66. The van der Waals surface area contributed by atoms with Crippen LogP contribution in [-0.2, 0) is 39.0 Å². The molecule has 0 bridgehead atoms. The molecule has 3 N–H and O–H groups in total. The number of nitrogens with zero attached hydrogens (tertiary/aromatic N) is 3. The zero-order valence-corrected chi connectivity index (χ0v) is 27.1. The van der Waals surface area contributed by atoms with Crippen LogP contribution in [-0.4, -0.2) is 48.4 Å². The molecule has 0 aliphatic carbocycles. The number of carboxylic acid groups (broad SMARTS) is 1. The molecule has 43 heavy (non-hydrogen) atoms. The molecule has 5 rings (SSSR count). The zero-order chi connectivity index (χ0) is 30.0. The minimum atomic E-state index is -0.990. The van der Waals surface area contributed by atoms with E-state index in [1.807, 2.05) is 29.6 Å². The number of rotatable bonds is 5. The normalized spacial score (nSPS) is 10.7. The van der Waals surface area contributed by atoms with Crippen molar-refractivity contribution in [3.8, 4) is 21.8 Å². The third-order valence-electron chi connectivity index (χ3n) is 4.71. The monoisotopic (exact) mass is 783 g/mol. The van der Waals surface area contributed by atoms with Crippen LogP contribution in [0.25, 0.3) is 21.8 Å². The van der Waals surface area contributed by atoms with Crippen LogP contribution in [0.15, 0.2) is 96.8 Å². The number of halogens is 2. The molecule has 0 fully saturated rings. The van der Waals surface area contributed by atoms with Crippen LogP contribution in [0.2, 0.25) is 0 Å². The van der Waals surface area contributed by atoms with Crippen molar-refractivity contribution in [1.82, 2.24) is 15.0 Å². The van der Waals surface area contributed by atoms with Crippen LogP contribution in [0.5, 0.6) is 0 Å². The summed E-state index contributed by atoms with van der Waals surface area (Å²) in [5.41, 5.74) is 1.72. The molecule has 2 unspecified atom stereocenters. The standard InChI is InChI=1S/C11H6F2N.C9H6NS.C6H5NO2.C5H12O2.2Rh/c12-8-4-5-9(10(13)7-8)11-3-1-2-6-14-11;1-2-6-10-8(4-1)9-5-3-7-11-9;8-6(9)5-3-1-2-4-7-5;1-4(6)3-5(2)7;;/h1-4,6-7H;1-4,6-7H;1-4H,(H,8,9);4-7H,3H2,1-2H3;;/q2*-1;;;;. The molecule has 2 atom stereocenters. The van der Waals surface area contributed by atoms with E-state index in [1.54, 1.807) is 67.9 Å². The van der Waals surface area contributed by atoms with E-state index >= 15 is 0 Å². The predicted octanol–water partition coefficient (Wildman–Crippen LogP) is 6.35. The van der Waals surface area contributed by atoms with Gasteiger partial charge in [-0.25, -0.2) is 21.1 Å². The number of hydrogen-bond donors (Lipinski definition) is 3. The Morgan fingerprint density at radius 3 is 1.79 bits per heavy atom. The fourth-order valence-electron chi connectivity index (χ4n) is 3.01. The van der Waals surface area contributed by atoms with Crippen LogP contribution < -0.4 is 0 Å². The van der Waals surface area contributed by atoms with Gasteiger partial charge in [-0.05, 0) is 55.9 Å². The van der Waals surface area contributed by atoms with Gasteiger partial charge in [0.2, 0.25) is 0 Å². The van der Waals surface area contributed by atoms with E-state index < -0.39 is 17.6 Å². The number of aliphatic hydroxyl groups excluding tert-OH is 2. The Bertz CT molecular complexity index is 1410. The van der Waals surface area contributed by atoms with Gasteiger partial charge in [-0.1, -0.05) is 46.8 Å². The molecular formula is C31H29F2N3O4Rh2S-2. The zero-order valence-electron chi connectivity index (χ0n) is 23.0. The molecule has 2 radical (unpaired) electrons. The van der Waals surface area contributed by atoms with E-state index in [9.17, 15) is 13.6 Å². The van der Waals surface area contributed by atoms with Gasteiger partial charge in [0, 0.05) is 69.2 Å². The van der Waals surface area contributed by atoms with Crippen molar-refractivity contribution in [3.63, 3.8) is 0 Å². The largest absolute Gasteiger partial charge is 0.477 e. The molecule has 232 valence electrons. The predicted molar refractivity (Wildman–Crippen MR) is 154 cm³/mol. The van der Waals surface area contributed by atoms with Gasteiger partial charge in [-0.15, -0.1) is 17.5 Å². The first kappa shape index (κ1) is 39.9. The molecular weight excluding hydrogens is 754 g/mol. The van der Waals surface area contributed by atoms with Crippen LogP contribution in [0.1, 0.15) is 30.8 Å². The first-order valence-corrected chi connectivity index (χ1v) is 13.2. The van der Waals surface area contributed by atoms with Gasteiger partial charge < -0.3 is 25.3 Å². The average Bonchev–Trinajstić information content (AvgIpc) is 3.50. The second-order valence-corrected chi connectivity index (χ2v) is 9.23. The topological polar surface area (TPSA) is 116 Å². The minimum Gasteiger partial charge on any atom is -0.477 e. The van der Waals surface area contributed by atoms with Gasteiger partial charge in [-0.2, -0.15) is 12.1 Å². The molecule has 0 spiro atoms. The molecule has 1 aromatic carbocycles. The quantitative estimate of drug-likeness (QED) is 0.141. The third-order valence-corrected chi connectivity index (χ3v) is 5.55. The summed E-state index contributed by atoms with van der Waals surface area (Å²) in [4.78, 5) is 23.0. The third kappa shape index (κ3) is 16.3. The van der Waals surface area contributed by atoms with Crippen LogP contribution in [0.4, 0.5) is 8.78 Å². The molecule has 7 nitrogen and oxygen atoms in total. The number of aromatic nitrogens is 3. The Balaban J connectivity index is 0.000000556. The van der Waals surface area contributed by atoms with E-state index in [1.165, 1.54) is 12.3 Å². The summed E-state index contributed by atoms with van der Waals surface area (Å²) in [6.07, 6.45) is 4.51. The first-order valence-electron chi connectivity index (χ1n) is 12.3. The Hall–Kier alpha value is -3.13. The van der Waals surface area contributed by atoms with Gasteiger partial charge in [0.1, 0.15) is 5.69 Å². The van der Waals surface area contributed by atoms with Gasteiger partial charge in [0.25, 0.3) is 0 Å². The van der Waals surface area contributed by atoms with Crippen molar-refractivity contribution in [1.29, 1.82) is 0 Å². The maximum atomic E-state index is 13.2. The molecule has 0 aliphatic rings. The van der Waals surface area contributed by atoms with E-state index in [-0.39, 0.29) is 62.4 Å². The minimum absolute atomic E-state index is 0. The fourth-order valence-corrected chi connectivity index (χ4v) is 3.66. The van der Waals surface area contributed by atoms with Gasteiger partial charge in [0.05, 0.1) is 12.2 Å². The summed E-state index contributed by atoms with van der Waals surface area (Å²) in [6, 6.07) is 25.2. The number of hydrogen-bond acceptors (Lipinski definition) is 7. The molecule has 0 saturated heterocycles. The number of carbonyl (C=O) groups is 1. The smallest absolute Gasteiger partial charge is 0.354 e. The van der Waals surface area contributed by atoms with Crippen molar-refractivity contribution < 1.29 is 67.9 Å². The number of thiophene rings is 1. The molecule has 12 heteroatoms. The molecule has 0 amide bonds. The van der Waals surface area contributed by atoms with E-state index in [0.29, 0.717) is 12.1 Å². The molecule has 4 aromatic heterocycles. The van der Waals surface area contributed by atoms with Crippen LogP contribution in [0.3, 0.4) is 0 Å². The maximum absolute atomic E-state index is 13.2. The number of carboxylic acids is 1. The van der Waals surface area contributed by atoms with Crippen LogP contribution in [0, 0.1) is 23.8 Å². The average molecular weight is 783 g/mol. The first-order chi connectivity index (χ1) is 19.7. The summed E-state index contributed by atoms with van der Waals surface area (Å²) in [5, 5.41) is 27.5. The number of aromatic carboxylic acids is 1. The van der Waals surface area contributed by atoms with E-state index in [4.69, 9.17) is 15.3 Å². The van der Waals surface area contributed by atoms with Gasteiger partial charge >= 0.3 is 5.97 Å². The Kier molecular flexibility index (Phi) is 20.8. The molecule has 4 heterocycles. The summed E-state index contributed by atoms with van der Waals surface area (Å²) in [6.45, 7) is 3.32. The van der Waals surface area contributed by atoms with Gasteiger partial charge in [-0.3, -0.25) is 8.78 Å². The molecule has 0 aliphatic heterocycles. The Morgan fingerprint density at radius 1 is 0.860 bits per heavy atom. The van der Waals surface area contributed by atoms with Crippen molar-refractivity contribution in [2.45, 2.75) is 32.5 Å². The van der Waals surface area contributed by atoms with Crippen molar-refractivity contribution in [2.75, 3.05) is 0 Å². The summed E-state index contributed by atoms with van der Waals surface area (Å²) in [5.74, 6) is -2.28. The van der Waals surface area contributed by atoms with E-state index in [0.717, 1.165) is 22.7 Å². The van der Waals surface area contributed by atoms with Crippen molar-refractivity contribution >= 4 is 17.3 Å². The summed E-state index contributed by atoms with van der Waals surface area (Å²) in [7, 11) is 0. The van der Waals surface area contributed by atoms with E-state index in [2.05, 4.69) is 27.1 Å². The van der Waals surface area contributed by atoms with Crippen molar-refractivity contribution in [2.24, 2.45) is 0 Å². The second-order valence-electron chi connectivity index (χ2n) is 8.32. The fraction of sp³-hybridized carbons (Fsp3) is 0.161. The number of aliphatic hydroxyl groups is 2. The second kappa shape index (κ2) is 22.4. The van der Waals surface area contributed by atoms with Crippen LogP contribution >= 0.6 is 11.3 Å².